The maximum atomic E-state index is 4.48. The van der Waals surface area contributed by atoms with Crippen molar-refractivity contribution in [3.63, 3.8) is 0 Å². The Morgan fingerprint density at radius 1 is 0.900 bits per heavy atom. The summed E-state index contributed by atoms with van der Waals surface area (Å²) < 4.78 is 4.42. The molecule has 6 nitrogen and oxygen atoms in total. The van der Waals surface area contributed by atoms with Crippen LogP contribution in [0.15, 0.2) is 25.3 Å². The minimum Gasteiger partial charge on any atom is -0.314 e. The first-order chi connectivity index (χ1) is 9.78. The Morgan fingerprint density at radius 3 is 2.25 bits per heavy atom. The van der Waals surface area contributed by atoms with Crippen molar-refractivity contribution >= 4 is 0 Å². The van der Waals surface area contributed by atoms with Gasteiger partial charge in [-0.3, -0.25) is 0 Å². The van der Waals surface area contributed by atoms with E-state index in [0.29, 0.717) is 0 Å². The second-order valence-corrected chi connectivity index (χ2v) is 7.12. The molecule has 2 atom stereocenters. The predicted octanol–water partition coefficient (Wildman–Crippen LogP) is 1.57. The van der Waals surface area contributed by atoms with E-state index >= 15 is 0 Å². The third kappa shape index (κ3) is 1.29. The molecule has 0 radical (unpaired) electrons. The zero-order chi connectivity index (χ0) is 13.2. The fraction of sp³-hybridized carbons (Fsp3) is 0.714. The lowest BCUT2D eigenvalue weighted by Gasteiger charge is -2.61. The standard InChI is InChI=1S/C14H18N6/c1-11-2-13(19-9-16-17-10-19)3-12(1)5-14(4-11,6-13)20-8-15-7-18-20/h7-12H,1-6H2/t11-,12-,13?,14?/m1/s1. The maximum absolute atomic E-state index is 4.48. The van der Waals surface area contributed by atoms with Crippen molar-refractivity contribution in [3.8, 4) is 0 Å². The van der Waals surface area contributed by atoms with Crippen LogP contribution in [0.25, 0.3) is 0 Å². The summed E-state index contributed by atoms with van der Waals surface area (Å²) >= 11 is 0. The zero-order valence-electron chi connectivity index (χ0n) is 11.4. The van der Waals surface area contributed by atoms with Crippen LogP contribution in [0.1, 0.15) is 38.5 Å². The molecule has 104 valence electrons. The molecule has 4 fully saturated rings. The Hall–Kier alpha value is -1.72. The van der Waals surface area contributed by atoms with E-state index in [0.717, 1.165) is 18.3 Å². The SMILES string of the molecule is c1ncn(C23C[C@@H]4C[C@H](CC(n5cnnc5)(C4)C2)C3)n1. The lowest BCUT2D eigenvalue weighted by Crippen LogP contribution is -2.60. The van der Waals surface area contributed by atoms with E-state index in [2.05, 4.69) is 29.5 Å². The van der Waals surface area contributed by atoms with Crippen LogP contribution in [0.4, 0.5) is 0 Å². The smallest absolute Gasteiger partial charge is 0.137 e. The number of hydrogen-bond acceptors (Lipinski definition) is 4. The highest BCUT2D eigenvalue weighted by molar-refractivity contribution is 5.12. The first kappa shape index (κ1) is 11.0. The number of rotatable bonds is 2. The van der Waals surface area contributed by atoms with Gasteiger partial charge >= 0.3 is 0 Å². The second kappa shape index (κ2) is 3.48. The van der Waals surface area contributed by atoms with Crippen LogP contribution in [0.5, 0.6) is 0 Å². The van der Waals surface area contributed by atoms with Crippen molar-refractivity contribution < 1.29 is 0 Å². The van der Waals surface area contributed by atoms with Crippen LogP contribution in [-0.4, -0.2) is 29.5 Å². The van der Waals surface area contributed by atoms with Gasteiger partial charge in [0.1, 0.15) is 25.3 Å². The summed E-state index contributed by atoms with van der Waals surface area (Å²) in [6.07, 6.45) is 15.0. The highest BCUT2D eigenvalue weighted by atomic mass is 15.4. The summed E-state index contributed by atoms with van der Waals surface area (Å²) in [6, 6.07) is 0. The molecule has 6 rings (SSSR count). The van der Waals surface area contributed by atoms with Gasteiger partial charge in [0.15, 0.2) is 0 Å². The highest BCUT2D eigenvalue weighted by Crippen LogP contribution is 2.62. The Kier molecular flexibility index (Phi) is 1.91. The van der Waals surface area contributed by atoms with E-state index in [1.807, 2.05) is 19.0 Å². The van der Waals surface area contributed by atoms with Crippen molar-refractivity contribution in [2.24, 2.45) is 11.8 Å². The molecule has 0 amide bonds. The summed E-state index contributed by atoms with van der Waals surface area (Å²) in [5, 5.41) is 12.6. The van der Waals surface area contributed by atoms with Gasteiger partial charge in [-0.25, -0.2) is 9.67 Å². The average Bonchev–Trinajstić information content (AvgIpc) is 3.12. The Balaban J connectivity index is 1.64. The fourth-order valence-corrected chi connectivity index (χ4v) is 5.64. The predicted molar refractivity (Wildman–Crippen MR) is 70.7 cm³/mol. The molecule has 4 aliphatic rings. The molecule has 0 aliphatic heterocycles. The van der Waals surface area contributed by atoms with E-state index in [4.69, 9.17) is 0 Å². The van der Waals surface area contributed by atoms with Crippen LogP contribution >= 0.6 is 0 Å². The summed E-state index contributed by atoms with van der Waals surface area (Å²) in [6.45, 7) is 0. The molecule has 0 spiro atoms. The van der Waals surface area contributed by atoms with Crippen LogP contribution in [-0.2, 0) is 11.1 Å². The molecule has 0 unspecified atom stereocenters. The molecule has 0 saturated heterocycles. The molecule has 4 saturated carbocycles. The minimum absolute atomic E-state index is 0.171. The largest absolute Gasteiger partial charge is 0.314 e. The van der Waals surface area contributed by atoms with Gasteiger partial charge in [0, 0.05) is 5.54 Å². The van der Waals surface area contributed by atoms with E-state index in [1.54, 1.807) is 6.33 Å². The fourth-order valence-electron chi connectivity index (χ4n) is 5.64. The van der Waals surface area contributed by atoms with Crippen molar-refractivity contribution in [2.75, 3.05) is 0 Å². The summed E-state index contributed by atoms with van der Waals surface area (Å²) in [5.41, 5.74) is 0.379. The molecule has 2 aromatic rings. The monoisotopic (exact) mass is 270 g/mol. The van der Waals surface area contributed by atoms with Gasteiger partial charge in [-0.05, 0) is 50.4 Å². The molecule has 2 heterocycles. The maximum Gasteiger partial charge on any atom is 0.137 e. The summed E-state index contributed by atoms with van der Waals surface area (Å²) in [4.78, 5) is 4.19. The van der Waals surface area contributed by atoms with Crippen LogP contribution in [0, 0.1) is 11.8 Å². The third-order valence-corrected chi connectivity index (χ3v) is 5.87. The third-order valence-electron chi connectivity index (χ3n) is 5.87. The summed E-state index contributed by atoms with van der Waals surface area (Å²) in [5.74, 6) is 1.62. The summed E-state index contributed by atoms with van der Waals surface area (Å²) in [7, 11) is 0. The molecule has 4 bridgehead atoms. The van der Waals surface area contributed by atoms with Crippen molar-refractivity contribution in [2.45, 2.75) is 49.6 Å². The molecule has 2 aromatic heterocycles. The molecule has 0 aromatic carbocycles. The van der Waals surface area contributed by atoms with Crippen molar-refractivity contribution in [1.82, 2.24) is 29.5 Å². The van der Waals surface area contributed by atoms with Gasteiger partial charge in [-0.15, -0.1) is 10.2 Å². The lowest BCUT2D eigenvalue weighted by atomic mass is 9.50. The van der Waals surface area contributed by atoms with Gasteiger partial charge < -0.3 is 4.57 Å². The van der Waals surface area contributed by atoms with E-state index in [1.165, 1.54) is 32.1 Å². The second-order valence-electron chi connectivity index (χ2n) is 7.12. The van der Waals surface area contributed by atoms with Crippen LogP contribution in [0.3, 0.4) is 0 Å². The van der Waals surface area contributed by atoms with Gasteiger partial charge in [0.2, 0.25) is 0 Å². The lowest BCUT2D eigenvalue weighted by molar-refractivity contribution is -0.0976. The number of nitrogens with zero attached hydrogens (tertiary/aromatic N) is 6. The van der Waals surface area contributed by atoms with Gasteiger partial charge in [0.05, 0.1) is 5.54 Å². The Bertz CT molecular complexity index is 550. The molecular weight excluding hydrogens is 252 g/mol. The molecule has 6 heteroatoms. The number of aromatic nitrogens is 6. The van der Waals surface area contributed by atoms with E-state index < -0.39 is 0 Å². The number of hydrogen-bond donors (Lipinski definition) is 0. The van der Waals surface area contributed by atoms with E-state index in [-0.39, 0.29) is 11.1 Å². The zero-order valence-corrected chi connectivity index (χ0v) is 11.4. The normalized spacial score (nSPS) is 42.2. The Morgan fingerprint density at radius 2 is 1.60 bits per heavy atom. The topological polar surface area (TPSA) is 61.4 Å². The molecular formula is C14H18N6. The van der Waals surface area contributed by atoms with Gasteiger partial charge in [-0.2, -0.15) is 5.10 Å². The first-order valence-electron chi connectivity index (χ1n) is 7.48. The van der Waals surface area contributed by atoms with Crippen LogP contribution in [0.2, 0.25) is 0 Å². The molecule has 4 aliphatic carbocycles. The van der Waals surface area contributed by atoms with E-state index in [9.17, 15) is 0 Å². The highest BCUT2D eigenvalue weighted by Gasteiger charge is 2.59. The van der Waals surface area contributed by atoms with Crippen LogP contribution < -0.4 is 0 Å². The van der Waals surface area contributed by atoms with Crippen molar-refractivity contribution in [3.05, 3.63) is 25.3 Å². The average molecular weight is 270 g/mol. The minimum atomic E-state index is 0.171. The molecule has 20 heavy (non-hydrogen) atoms. The first-order valence-corrected chi connectivity index (χ1v) is 7.48. The van der Waals surface area contributed by atoms with Gasteiger partial charge in [0.25, 0.3) is 0 Å². The quantitative estimate of drug-likeness (QED) is 0.831. The van der Waals surface area contributed by atoms with Gasteiger partial charge in [-0.1, -0.05) is 0 Å². The Labute approximate surface area is 117 Å². The van der Waals surface area contributed by atoms with Crippen molar-refractivity contribution in [1.29, 1.82) is 0 Å². The molecule has 0 N–H and O–H groups in total.